The minimum atomic E-state index is -0.392. The van der Waals surface area contributed by atoms with Crippen molar-refractivity contribution in [3.05, 3.63) is 22.4 Å². The van der Waals surface area contributed by atoms with E-state index >= 15 is 0 Å². The van der Waals surface area contributed by atoms with E-state index in [1.54, 1.807) is 12.1 Å². The average molecular weight is 289 g/mol. The van der Waals surface area contributed by atoms with Gasteiger partial charge in [-0.05, 0) is 40.8 Å². The van der Waals surface area contributed by atoms with Crippen LogP contribution in [0.5, 0.6) is 11.5 Å². The van der Waals surface area contributed by atoms with Crippen LogP contribution in [0.1, 0.15) is 19.8 Å². The molecule has 0 spiro atoms. The standard InChI is InChI=1S/C12H14BrFO2/c1-7-3-8(4-7)16-9-5-10(13)12(14)11(6-9)15-2/h5-8H,3-4H2,1-2H3. The molecule has 0 aromatic heterocycles. The second kappa shape index (κ2) is 4.62. The monoisotopic (exact) mass is 288 g/mol. The normalized spacial score (nSPS) is 23.8. The predicted molar refractivity (Wildman–Crippen MR) is 63.5 cm³/mol. The minimum absolute atomic E-state index is 0.205. The number of benzene rings is 1. The van der Waals surface area contributed by atoms with Crippen LogP contribution < -0.4 is 9.47 Å². The van der Waals surface area contributed by atoms with E-state index in [0.29, 0.717) is 10.2 Å². The molecule has 0 atom stereocenters. The van der Waals surface area contributed by atoms with E-state index in [1.807, 2.05) is 0 Å². The van der Waals surface area contributed by atoms with Gasteiger partial charge in [-0.25, -0.2) is 4.39 Å². The molecule has 0 radical (unpaired) electrons. The van der Waals surface area contributed by atoms with Crippen LogP contribution in [0.25, 0.3) is 0 Å². The summed E-state index contributed by atoms with van der Waals surface area (Å²) in [6, 6.07) is 3.23. The van der Waals surface area contributed by atoms with Crippen LogP contribution in [0.15, 0.2) is 16.6 Å². The van der Waals surface area contributed by atoms with Crippen molar-refractivity contribution < 1.29 is 13.9 Å². The van der Waals surface area contributed by atoms with Crippen molar-refractivity contribution in [3.63, 3.8) is 0 Å². The maximum absolute atomic E-state index is 13.4. The molecule has 2 rings (SSSR count). The quantitative estimate of drug-likeness (QED) is 0.843. The number of rotatable bonds is 3. The van der Waals surface area contributed by atoms with Crippen LogP contribution >= 0.6 is 15.9 Å². The van der Waals surface area contributed by atoms with Crippen molar-refractivity contribution in [2.75, 3.05) is 7.11 Å². The summed E-state index contributed by atoms with van der Waals surface area (Å²) >= 11 is 3.14. The third kappa shape index (κ3) is 2.32. The summed E-state index contributed by atoms with van der Waals surface area (Å²) in [5.74, 6) is 1.20. The first kappa shape index (κ1) is 11.7. The largest absolute Gasteiger partial charge is 0.493 e. The number of hydrogen-bond donors (Lipinski definition) is 0. The van der Waals surface area contributed by atoms with Gasteiger partial charge in [-0.15, -0.1) is 0 Å². The minimum Gasteiger partial charge on any atom is -0.493 e. The zero-order valence-electron chi connectivity index (χ0n) is 9.30. The Hall–Kier alpha value is -0.770. The first-order valence-electron chi connectivity index (χ1n) is 5.30. The molecule has 0 bridgehead atoms. The van der Waals surface area contributed by atoms with E-state index in [2.05, 4.69) is 22.9 Å². The molecule has 4 heteroatoms. The molecule has 1 saturated carbocycles. The second-order valence-corrected chi connectivity index (χ2v) is 5.09. The van der Waals surface area contributed by atoms with Gasteiger partial charge < -0.3 is 9.47 Å². The van der Waals surface area contributed by atoms with Gasteiger partial charge in [0.05, 0.1) is 17.7 Å². The van der Waals surface area contributed by atoms with Gasteiger partial charge in [0, 0.05) is 6.07 Å². The lowest BCUT2D eigenvalue weighted by molar-refractivity contribution is 0.0735. The van der Waals surface area contributed by atoms with Crippen LogP contribution in [-0.4, -0.2) is 13.2 Å². The van der Waals surface area contributed by atoms with E-state index in [1.165, 1.54) is 7.11 Å². The molecule has 1 fully saturated rings. The molecular formula is C12H14BrFO2. The highest BCUT2D eigenvalue weighted by Crippen LogP contribution is 2.35. The van der Waals surface area contributed by atoms with Crippen LogP contribution in [0.4, 0.5) is 4.39 Å². The van der Waals surface area contributed by atoms with Crippen molar-refractivity contribution in [1.29, 1.82) is 0 Å². The van der Waals surface area contributed by atoms with E-state index in [4.69, 9.17) is 9.47 Å². The Labute approximate surface area is 103 Å². The van der Waals surface area contributed by atoms with E-state index < -0.39 is 5.82 Å². The molecule has 16 heavy (non-hydrogen) atoms. The van der Waals surface area contributed by atoms with Gasteiger partial charge in [0.1, 0.15) is 5.75 Å². The fraction of sp³-hybridized carbons (Fsp3) is 0.500. The average Bonchev–Trinajstić information content (AvgIpc) is 2.21. The van der Waals surface area contributed by atoms with Crippen molar-refractivity contribution in [1.82, 2.24) is 0 Å². The Bertz CT molecular complexity index is 389. The third-order valence-electron chi connectivity index (χ3n) is 2.82. The third-order valence-corrected chi connectivity index (χ3v) is 3.40. The summed E-state index contributed by atoms with van der Waals surface area (Å²) in [6.07, 6.45) is 2.39. The first-order valence-corrected chi connectivity index (χ1v) is 6.09. The topological polar surface area (TPSA) is 18.5 Å². The van der Waals surface area contributed by atoms with E-state index in [9.17, 15) is 4.39 Å². The van der Waals surface area contributed by atoms with Gasteiger partial charge in [-0.3, -0.25) is 0 Å². The van der Waals surface area contributed by atoms with Gasteiger partial charge in [-0.1, -0.05) is 6.92 Å². The molecule has 1 aliphatic rings. The van der Waals surface area contributed by atoms with E-state index in [-0.39, 0.29) is 11.9 Å². The molecule has 0 N–H and O–H groups in total. The summed E-state index contributed by atoms with van der Waals surface area (Å²) in [7, 11) is 1.44. The maximum Gasteiger partial charge on any atom is 0.179 e. The Kier molecular flexibility index (Phi) is 3.38. The zero-order chi connectivity index (χ0) is 11.7. The van der Waals surface area contributed by atoms with Crippen LogP contribution in [0.3, 0.4) is 0 Å². The van der Waals surface area contributed by atoms with E-state index in [0.717, 1.165) is 18.8 Å². The molecule has 2 nitrogen and oxygen atoms in total. The summed E-state index contributed by atoms with van der Waals surface area (Å²) < 4.78 is 24.5. The SMILES string of the molecule is COc1cc(OC2CC(C)C2)cc(Br)c1F. The molecule has 0 amide bonds. The lowest BCUT2D eigenvalue weighted by Gasteiger charge is -2.32. The second-order valence-electron chi connectivity index (χ2n) is 4.24. The van der Waals surface area contributed by atoms with Gasteiger partial charge >= 0.3 is 0 Å². The molecule has 0 aliphatic heterocycles. The molecule has 0 heterocycles. The molecule has 1 aromatic carbocycles. The summed E-state index contributed by atoms with van der Waals surface area (Å²) in [4.78, 5) is 0. The van der Waals surface area contributed by atoms with Crippen LogP contribution in [0.2, 0.25) is 0 Å². The number of hydrogen-bond acceptors (Lipinski definition) is 2. The lowest BCUT2D eigenvalue weighted by Crippen LogP contribution is -2.31. The summed E-state index contributed by atoms with van der Waals surface area (Å²) in [6.45, 7) is 2.20. The Morgan fingerprint density at radius 3 is 2.62 bits per heavy atom. The Balaban J connectivity index is 2.12. The van der Waals surface area contributed by atoms with Crippen LogP contribution in [0, 0.1) is 11.7 Å². The van der Waals surface area contributed by atoms with Crippen molar-refractivity contribution in [3.8, 4) is 11.5 Å². The molecule has 0 unspecified atom stereocenters. The fourth-order valence-electron chi connectivity index (χ4n) is 1.87. The highest BCUT2D eigenvalue weighted by Gasteiger charge is 2.27. The van der Waals surface area contributed by atoms with Crippen molar-refractivity contribution >= 4 is 15.9 Å². The number of ether oxygens (including phenoxy) is 2. The molecule has 0 saturated heterocycles. The molecular weight excluding hydrogens is 275 g/mol. The molecule has 1 aliphatic carbocycles. The van der Waals surface area contributed by atoms with Crippen molar-refractivity contribution in [2.45, 2.75) is 25.9 Å². The summed E-state index contributed by atoms with van der Waals surface area (Å²) in [5, 5.41) is 0. The first-order chi connectivity index (χ1) is 7.60. The van der Waals surface area contributed by atoms with Gasteiger partial charge in [0.25, 0.3) is 0 Å². The smallest absolute Gasteiger partial charge is 0.179 e. The lowest BCUT2D eigenvalue weighted by atomic mass is 9.84. The maximum atomic E-state index is 13.4. The molecule has 88 valence electrons. The predicted octanol–water partition coefficient (Wildman–Crippen LogP) is 3.77. The summed E-state index contributed by atoms with van der Waals surface area (Å²) in [5.41, 5.74) is 0. The van der Waals surface area contributed by atoms with Gasteiger partial charge in [0.15, 0.2) is 11.6 Å². The fourth-order valence-corrected chi connectivity index (χ4v) is 2.29. The number of methoxy groups -OCH3 is 1. The van der Waals surface area contributed by atoms with Crippen LogP contribution in [-0.2, 0) is 0 Å². The highest BCUT2D eigenvalue weighted by molar-refractivity contribution is 9.10. The van der Waals surface area contributed by atoms with Gasteiger partial charge in [-0.2, -0.15) is 0 Å². The van der Waals surface area contributed by atoms with Gasteiger partial charge in [0.2, 0.25) is 0 Å². The number of halogens is 2. The Morgan fingerprint density at radius 2 is 2.06 bits per heavy atom. The molecule has 1 aromatic rings. The van der Waals surface area contributed by atoms with Crippen molar-refractivity contribution in [2.24, 2.45) is 5.92 Å². The highest BCUT2D eigenvalue weighted by atomic mass is 79.9. The Morgan fingerprint density at radius 1 is 1.38 bits per heavy atom. The zero-order valence-corrected chi connectivity index (χ0v) is 10.9.